The highest BCUT2D eigenvalue weighted by Gasteiger charge is 2.16. The molecule has 1 amide bonds. The molecule has 0 atom stereocenters. The smallest absolute Gasteiger partial charge is 0.269 e. The van der Waals surface area contributed by atoms with E-state index in [1.165, 1.54) is 12.5 Å². The highest BCUT2D eigenvalue weighted by atomic mass is 32.1. The molecule has 7 heteroatoms. The monoisotopic (exact) mass is 238 g/mol. The zero-order valence-electron chi connectivity index (χ0n) is 8.64. The van der Waals surface area contributed by atoms with Gasteiger partial charge >= 0.3 is 0 Å². The molecule has 0 aromatic carbocycles. The van der Waals surface area contributed by atoms with Crippen molar-refractivity contribution >= 4 is 23.1 Å². The third-order valence-corrected chi connectivity index (χ3v) is 2.71. The number of nitrogens with one attached hydrogen (secondary N) is 1. The molecule has 0 unspecified atom stereocenters. The second kappa shape index (κ2) is 4.84. The number of carbonyl (C=O) groups excluding carboxylic acids is 1. The van der Waals surface area contributed by atoms with Gasteiger partial charge in [-0.1, -0.05) is 23.0 Å². The van der Waals surface area contributed by atoms with Gasteiger partial charge in [-0.25, -0.2) is 0 Å². The Balaban J connectivity index is 2.11. The normalized spacial score (nSPS) is 10.3. The lowest BCUT2D eigenvalue weighted by molar-refractivity contribution is 0.102. The SMILES string of the molecule is CCCc1nnsc1C(=O)Nc1cnoc1. The van der Waals surface area contributed by atoms with Crippen LogP contribution in [0.4, 0.5) is 5.69 Å². The van der Waals surface area contributed by atoms with Crippen molar-refractivity contribution in [3.63, 3.8) is 0 Å². The molecular weight excluding hydrogens is 228 g/mol. The van der Waals surface area contributed by atoms with Gasteiger partial charge in [0.05, 0.1) is 11.9 Å². The van der Waals surface area contributed by atoms with Crippen LogP contribution in [0.3, 0.4) is 0 Å². The van der Waals surface area contributed by atoms with E-state index in [0.29, 0.717) is 10.6 Å². The van der Waals surface area contributed by atoms with E-state index < -0.39 is 0 Å². The standard InChI is InChI=1S/C9H10N4O2S/c1-2-3-7-8(16-13-12-7)9(14)11-6-4-10-15-5-6/h4-5H,2-3H2,1H3,(H,11,14). The molecule has 1 N–H and O–H groups in total. The van der Waals surface area contributed by atoms with Gasteiger partial charge in [0.25, 0.3) is 5.91 Å². The van der Waals surface area contributed by atoms with E-state index in [1.807, 2.05) is 6.92 Å². The first-order chi connectivity index (χ1) is 7.81. The zero-order valence-corrected chi connectivity index (χ0v) is 9.45. The average molecular weight is 238 g/mol. The minimum atomic E-state index is -0.221. The van der Waals surface area contributed by atoms with E-state index in [0.717, 1.165) is 30.1 Å². The molecule has 2 aromatic heterocycles. The lowest BCUT2D eigenvalue weighted by Crippen LogP contribution is -2.11. The van der Waals surface area contributed by atoms with E-state index >= 15 is 0 Å². The summed E-state index contributed by atoms with van der Waals surface area (Å²) in [5, 5.41) is 10.1. The first-order valence-electron chi connectivity index (χ1n) is 4.83. The number of nitrogens with zero attached hydrogens (tertiary/aromatic N) is 3. The fraction of sp³-hybridized carbons (Fsp3) is 0.333. The predicted octanol–water partition coefficient (Wildman–Crippen LogP) is 1.73. The van der Waals surface area contributed by atoms with Crippen LogP contribution in [0, 0.1) is 0 Å². The summed E-state index contributed by atoms with van der Waals surface area (Å²) in [5.74, 6) is -0.221. The van der Waals surface area contributed by atoms with Crippen molar-refractivity contribution < 1.29 is 9.32 Å². The largest absolute Gasteiger partial charge is 0.363 e. The molecule has 2 rings (SSSR count). The van der Waals surface area contributed by atoms with Gasteiger partial charge in [0.1, 0.15) is 16.8 Å². The number of hydrogen-bond donors (Lipinski definition) is 1. The second-order valence-corrected chi connectivity index (χ2v) is 3.92. The average Bonchev–Trinajstić information content (AvgIpc) is 2.89. The summed E-state index contributed by atoms with van der Waals surface area (Å²) in [5.41, 5.74) is 1.27. The quantitative estimate of drug-likeness (QED) is 0.877. The van der Waals surface area contributed by atoms with E-state index in [2.05, 4.69) is 24.6 Å². The van der Waals surface area contributed by atoms with E-state index in [1.54, 1.807) is 0 Å². The first-order valence-corrected chi connectivity index (χ1v) is 5.60. The van der Waals surface area contributed by atoms with Crippen LogP contribution in [0.5, 0.6) is 0 Å². The molecule has 0 saturated heterocycles. The summed E-state index contributed by atoms with van der Waals surface area (Å²) in [6.45, 7) is 2.03. The first kappa shape index (κ1) is 10.7. The Morgan fingerprint density at radius 3 is 3.19 bits per heavy atom. The van der Waals surface area contributed by atoms with Crippen molar-refractivity contribution in [2.75, 3.05) is 5.32 Å². The Morgan fingerprint density at radius 1 is 1.62 bits per heavy atom. The van der Waals surface area contributed by atoms with Gasteiger partial charge in [-0.15, -0.1) is 5.10 Å². The summed E-state index contributed by atoms with van der Waals surface area (Å²) in [4.78, 5) is 12.4. The fourth-order valence-corrected chi connectivity index (χ4v) is 1.84. The molecule has 6 nitrogen and oxygen atoms in total. The summed E-state index contributed by atoms with van der Waals surface area (Å²) >= 11 is 1.10. The maximum Gasteiger partial charge on any atom is 0.269 e. The molecule has 2 heterocycles. The number of aryl methyl sites for hydroxylation is 1. The second-order valence-electron chi connectivity index (χ2n) is 3.17. The number of hydrogen-bond acceptors (Lipinski definition) is 6. The number of anilines is 1. The predicted molar refractivity (Wildman–Crippen MR) is 58.4 cm³/mol. The highest BCUT2D eigenvalue weighted by molar-refractivity contribution is 7.08. The summed E-state index contributed by atoms with van der Waals surface area (Å²) in [6, 6.07) is 0. The van der Waals surface area contributed by atoms with Crippen molar-refractivity contribution in [3.05, 3.63) is 23.0 Å². The van der Waals surface area contributed by atoms with Crippen molar-refractivity contribution in [2.45, 2.75) is 19.8 Å². The van der Waals surface area contributed by atoms with Crippen LogP contribution in [0.1, 0.15) is 28.7 Å². The molecule has 0 radical (unpaired) electrons. The highest BCUT2D eigenvalue weighted by Crippen LogP contribution is 2.15. The molecule has 0 aliphatic carbocycles. The lowest BCUT2D eigenvalue weighted by Gasteiger charge is -1.99. The molecule has 0 bridgehead atoms. The van der Waals surface area contributed by atoms with E-state index in [4.69, 9.17) is 0 Å². The van der Waals surface area contributed by atoms with Gasteiger partial charge < -0.3 is 9.84 Å². The summed E-state index contributed by atoms with van der Waals surface area (Å²) in [7, 11) is 0. The molecule has 2 aromatic rings. The van der Waals surface area contributed by atoms with Crippen LogP contribution >= 0.6 is 11.5 Å². The molecule has 0 aliphatic heterocycles. The van der Waals surface area contributed by atoms with E-state index in [9.17, 15) is 4.79 Å². The molecule has 16 heavy (non-hydrogen) atoms. The van der Waals surface area contributed by atoms with Crippen molar-refractivity contribution in [1.29, 1.82) is 0 Å². The Kier molecular flexibility index (Phi) is 3.25. The lowest BCUT2D eigenvalue weighted by atomic mass is 10.2. The maximum absolute atomic E-state index is 11.8. The molecule has 0 spiro atoms. The van der Waals surface area contributed by atoms with Crippen LogP contribution in [0.2, 0.25) is 0 Å². The van der Waals surface area contributed by atoms with Crippen LogP contribution < -0.4 is 5.32 Å². The van der Waals surface area contributed by atoms with Crippen LogP contribution in [-0.4, -0.2) is 20.7 Å². The Morgan fingerprint density at radius 2 is 2.50 bits per heavy atom. The zero-order chi connectivity index (χ0) is 11.4. The summed E-state index contributed by atoms with van der Waals surface area (Å²) < 4.78 is 8.40. The topological polar surface area (TPSA) is 80.9 Å². The van der Waals surface area contributed by atoms with Crippen molar-refractivity contribution in [2.24, 2.45) is 0 Å². The van der Waals surface area contributed by atoms with Crippen molar-refractivity contribution in [3.8, 4) is 0 Å². The molecule has 84 valence electrons. The van der Waals surface area contributed by atoms with Gasteiger partial charge in [0, 0.05) is 0 Å². The number of amides is 1. The van der Waals surface area contributed by atoms with Crippen LogP contribution in [-0.2, 0) is 6.42 Å². The molecule has 0 aliphatic rings. The van der Waals surface area contributed by atoms with Gasteiger partial charge in [0.2, 0.25) is 0 Å². The Hall–Kier alpha value is -1.76. The maximum atomic E-state index is 11.8. The fourth-order valence-electron chi connectivity index (χ4n) is 1.24. The van der Waals surface area contributed by atoms with Crippen molar-refractivity contribution in [1.82, 2.24) is 14.7 Å². The van der Waals surface area contributed by atoms with Gasteiger partial charge in [-0.05, 0) is 18.0 Å². The van der Waals surface area contributed by atoms with Crippen LogP contribution in [0.25, 0.3) is 0 Å². The summed E-state index contributed by atoms with van der Waals surface area (Å²) in [6.07, 6.45) is 4.49. The Bertz CT molecular complexity index is 466. The number of aromatic nitrogens is 3. The van der Waals surface area contributed by atoms with E-state index in [-0.39, 0.29) is 5.91 Å². The molecular formula is C9H10N4O2S. The Labute approximate surface area is 95.8 Å². The van der Waals surface area contributed by atoms with Gasteiger partial charge in [0.15, 0.2) is 0 Å². The number of rotatable bonds is 4. The third-order valence-electron chi connectivity index (χ3n) is 1.94. The number of carbonyl (C=O) groups is 1. The van der Waals surface area contributed by atoms with Gasteiger partial charge in [-0.2, -0.15) is 0 Å². The molecule has 0 saturated carbocycles. The third kappa shape index (κ3) is 2.25. The minimum Gasteiger partial charge on any atom is -0.363 e. The van der Waals surface area contributed by atoms with Crippen LogP contribution in [0.15, 0.2) is 17.0 Å². The minimum absolute atomic E-state index is 0.221. The molecule has 0 fully saturated rings. The van der Waals surface area contributed by atoms with Gasteiger partial charge in [-0.3, -0.25) is 4.79 Å².